The molecule has 3 rings (SSSR count). The quantitative estimate of drug-likeness (QED) is 0.470. The summed E-state index contributed by atoms with van der Waals surface area (Å²) in [5.74, 6) is -0.605. The molecule has 0 aliphatic carbocycles. The second kappa shape index (κ2) is 8.68. The highest BCUT2D eigenvalue weighted by Crippen LogP contribution is 2.28. The third-order valence-corrected chi connectivity index (χ3v) is 4.66. The number of hydrogen-bond acceptors (Lipinski definition) is 7. The molecule has 8 heteroatoms. The van der Waals surface area contributed by atoms with E-state index in [1.807, 2.05) is 6.07 Å². The SMILES string of the molecule is O=C(O)c1ccc(Cc2ccccc2O[C@@H]2O[C@H](CO)[C@@H](O)[C@H](O)[C@H]2O)cc1. The summed E-state index contributed by atoms with van der Waals surface area (Å²) in [4.78, 5) is 11.0. The Labute approximate surface area is 161 Å². The summed E-state index contributed by atoms with van der Waals surface area (Å²) >= 11 is 0. The lowest BCUT2D eigenvalue weighted by molar-refractivity contribution is -0.277. The van der Waals surface area contributed by atoms with Crippen molar-refractivity contribution in [2.24, 2.45) is 0 Å². The van der Waals surface area contributed by atoms with Crippen LogP contribution in [0.2, 0.25) is 0 Å². The van der Waals surface area contributed by atoms with Crippen LogP contribution in [0.4, 0.5) is 0 Å². The molecular weight excluding hydrogens is 368 g/mol. The van der Waals surface area contributed by atoms with Gasteiger partial charge < -0.3 is 35.0 Å². The van der Waals surface area contributed by atoms with Gasteiger partial charge in [0.2, 0.25) is 6.29 Å². The molecule has 0 amide bonds. The minimum absolute atomic E-state index is 0.189. The number of carboxylic acid groups (broad SMARTS) is 1. The zero-order chi connectivity index (χ0) is 20.3. The van der Waals surface area contributed by atoms with Crippen LogP contribution >= 0.6 is 0 Å². The van der Waals surface area contributed by atoms with Crippen molar-refractivity contribution in [3.63, 3.8) is 0 Å². The average Bonchev–Trinajstić information content (AvgIpc) is 2.70. The van der Waals surface area contributed by atoms with E-state index in [4.69, 9.17) is 14.6 Å². The Kier molecular flexibility index (Phi) is 6.28. The summed E-state index contributed by atoms with van der Waals surface area (Å²) in [6.07, 6.45) is -6.37. The van der Waals surface area contributed by atoms with Crippen molar-refractivity contribution < 1.29 is 39.8 Å². The van der Waals surface area contributed by atoms with Gasteiger partial charge in [-0.05, 0) is 29.3 Å². The third kappa shape index (κ3) is 4.32. The second-order valence-electron chi connectivity index (χ2n) is 6.60. The van der Waals surface area contributed by atoms with Crippen molar-refractivity contribution in [2.75, 3.05) is 6.61 Å². The topological polar surface area (TPSA) is 137 Å². The minimum Gasteiger partial charge on any atom is -0.478 e. The number of carboxylic acids is 1. The van der Waals surface area contributed by atoms with Crippen molar-refractivity contribution in [3.05, 3.63) is 65.2 Å². The number of para-hydroxylation sites is 1. The van der Waals surface area contributed by atoms with Crippen molar-refractivity contribution in [1.82, 2.24) is 0 Å². The Morgan fingerprint density at radius 3 is 2.29 bits per heavy atom. The Morgan fingerprint density at radius 1 is 0.964 bits per heavy atom. The van der Waals surface area contributed by atoms with Crippen molar-refractivity contribution in [2.45, 2.75) is 37.1 Å². The Balaban J connectivity index is 1.77. The maximum absolute atomic E-state index is 11.0. The van der Waals surface area contributed by atoms with Gasteiger partial charge in [0.15, 0.2) is 0 Å². The summed E-state index contributed by atoms with van der Waals surface area (Å²) in [6, 6.07) is 13.4. The molecule has 2 aromatic rings. The molecule has 150 valence electrons. The van der Waals surface area contributed by atoms with Gasteiger partial charge >= 0.3 is 5.97 Å². The normalized spacial score (nSPS) is 27.4. The number of aliphatic hydroxyl groups is 4. The zero-order valence-corrected chi connectivity index (χ0v) is 14.9. The molecule has 1 heterocycles. The van der Waals surface area contributed by atoms with Gasteiger partial charge in [-0.3, -0.25) is 0 Å². The largest absolute Gasteiger partial charge is 0.478 e. The van der Waals surface area contributed by atoms with Gasteiger partial charge in [0.1, 0.15) is 30.2 Å². The second-order valence-corrected chi connectivity index (χ2v) is 6.60. The van der Waals surface area contributed by atoms with Crippen LogP contribution in [0.25, 0.3) is 0 Å². The first kappa shape index (κ1) is 20.2. The van der Waals surface area contributed by atoms with Crippen LogP contribution < -0.4 is 4.74 Å². The van der Waals surface area contributed by atoms with E-state index in [9.17, 15) is 25.2 Å². The van der Waals surface area contributed by atoms with E-state index >= 15 is 0 Å². The first-order chi connectivity index (χ1) is 13.4. The van der Waals surface area contributed by atoms with Crippen molar-refractivity contribution in [3.8, 4) is 5.75 Å². The third-order valence-electron chi connectivity index (χ3n) is 4.66. The molecule has 0 radical (unpaired) electrons. The van der Waals surface area contributed by atoms with Crippen LogP contribution in [0.3, 0.4) is 0 Å². The molecule has 5 N–H and O–H groups in total. The molecule has 0 unspecified atom stereocenters. The van der Waals surface area contributed by atoms with E-state index in [0.717, 1.165) is 11.1 Å². The number of aliphatic hydroxyl groups excluding tert-OH is 4. The maximum atomic E-state index is 11.0. The number of rotatable bonds is 6. The van der Waals surface area contributed by atoms with E-state index in [1.165, 1.54) is 12.1 Å². The van der Waals surface area contributed by atoms with Gasteiger partial charge in [0.25, 0.3) is 0 Å². The highest BCUT2D eigenvalue weighted by atomic mass is 16.7. The van der Waals surface area contributed by atoms with Crippen molar-refractivity contribution >= 4 is 5.97 Å². The highest BCUT2D eigenvalue weighted by molar-refractivity contribution is 5.87. The fraction of sp³-hybridized carbons (Fsp3) is 0.350. The predicted octanol–water partition coefficient (Wildman–Crippen LogP) is 0.154. The Bertz CT molecular complexity index is 804. The number of aromatic carboxylic acids is 1. The van der Waals surface area contributed by atoms with Crippen LogP contribution in [-0.4, -0.2) is 68.8 Å². The molecule has 8 nitrogen and oxygen atoms in total. The lowest BCUT2D eigenvalue weighted by Gasteiger charge is -2.39. The van der Waals surface area contributed by atoms with Gasteiger partial charge in [0, 0.05) is 6.42 Å². The zero-order valence-electron chi connectivity index (χ0n) is 14.9. The number of benzene rings is 2. The van der Waals surface area contributed by atoms with Gasteiger partial charge in [-0.1, -0.05) is 30.3 Å². The Morgan fingerprint density at radius 2 is 1.64 bits per heavy atom. The smallest absolute Gasteiger partial charge is 0.335 e. The monoisotopic (exact) mass is 390 g/mol. The molecular formula is C20H22O8. The average molecular weight is 390 g/mol. The molecule has 5 atom stereocenters. The molecule has 0 bridgehead atoms. The summed E-state index contributed by atoms with van der Waals surface area (Å²) in [7, 11) is 0. The molecule has 0 aromatic heterocycles. The van der Waals surface area contributed by atoms with Gasteiger partial charge in [-0.15, -0.1) is 0 Å². The fourth-order valence-electron chi connectivity index (χ4n) is 3.04. The Hall–Kier alpha value is -2.49. The van der Waals surface area contributed by atoms with E-state index in [-0.39, 0.29) is 5.56 Å². The fourth-order valence-corrected chi connectivity index (χ4v) is 3.04. The highest BCUT2D eigenvalue weighted by Gasteiger charge is 2.44. The van der Waals surface area contributed by atoms with Crippen LogP contribution in [0, 0.1) is 0 Å². The van der Waals surface area contributed by atoms with Crippen LogP contribution in [0.15, 0.2) is 48.5 Å². The molecule has 1 aliphatic heterocycles. The van der Waals surface area contributed by atoms with Gasteiger partial charge in [0.05, 0.1) is 12.2 Å². The number of carbonyl (C=O) groups is 1. The predicted molar refractivity (Wildman–Crippen MR) is 97.0 cm³/mol. The molecule has 0 spiro atoms. The van der Waals surface area contributed by atoms with E-state index in [1.54, 1.807) is 30.3 Å². The number of ether oxygens (including phenoxy) is 2. The maximum Gasteiger partial charge on any atom is 0.335 e. The molecule has 1 fully saturated rings. The standard InChI is InChI=1S/C20H22O8/c21-10-15-16(22)17(23)18(24)20(28-15)27-14-4-2-1-3-13(14)9-11-5-7-12(8-6-11)19(25)26/h1-8,15-18,20-24H,9-10H2,(H,25,26)/t15-,16-,17+,18-,20-/m1/s1. The summed E-state index contributed by atoms with van der Waals surface area (Å²) in [6.45, 7) is -0.539. The van der Waals surface area contributed by atoms with E-state index < -0.39 is 43.3 Å². The molecule has 0 saturated carbocycles. The summed E-state index contributed by atoms with van der Waals surface area (Å²) in [5.41, 5.74) is 1.80. The summed E-state index contributed by atoms with van der Waals surface area (Å²) in [5, 5.41) is 48.2. The number of hydrogen-bond donors (Lipinski definition) is 5. The summed E-state index contributed by atoms with van der Waals surface area (Å²) < 4.78 is 11.1. The molecule has 2 aromatic carbocycles. The van der Waals surface area contributed by atoms with Crippen molar-refractivity contribution in [1.29, 1.82) is 0 Å². The van der Waals surface area contributed by atoms with E-state index in [2.05, 4.69) is 0 Å². The first-order valence-corrected chi connectivity index (χ1v) is 8.78. The minimum atomic E-state index is -1.52. The van der Waals surface area contributed by atoms with Crippen LogP contribution in [0.1, 0.15) is 21.5 Å². The molecule has 28 heavy (non-hydrogen) atoms. The first-order valence-electron chi connectivity index (χ1n) is 8.78. The van der Waals surface area contributed by atoms with E-state index in [0.29, 0.717) is 12.2 Å². The lowest BCUT2D eigenvalue weighted by Crippen LogP contribution is -2.60. The van der Waals surface area contributed by atoms with Gasteiger partial charge in [-0.25, -0.2) is 4.79 Å². The van der Waals surface area contributed by atoms with Crippen LogP contribution in [0.5, 0.6) is 5.75 Å². The lowest BCUT2D eigenvalue weighted by atomic mass is 9.99. The molecule has 1 aliphatic rings. The van der Waals surface area contributed by atoms with Crippen LogP contribution in [-0.2, 0) is 11.2 Å². The molecule has 1 saturated heterocycles. The van der Waals surface area contributed by atoms with Gasteiger partial charge in [-0.2, -0.15) is 0 Å².